The van der Waals surface area contributed by atoms with Crippen LogP contribution in [0.1, 0.15) is 5.56 Å². The third-order valence-corrected chi connectivity index (χ3v) is 2.62. The second kappa shape index (κ2) is 5.05. The largest absolute Gasteiger partial charge is 0.496 e. The van der Waals surface area contributed by atoms with E-state index >= 15 is 0 Å². The zero-order valence-corrected chi connectivity index (χ0v) is 10.2. The second-order valence-electron chi connectivity index (χ2n) is 3.24. The van der Waals surface area contributed by atoms with Crippen molar-refractivity contribution in [1.29, 1.82) is 0 Å². The lowest BCUT2D eigenvalue weighted by molar-refractivity contribution is 0.400. The Hall–Kier alpha value is -1.75. The predicted molar refractivity (Wildman–Crippen MR) is 62.4 cm³/mol. The van der Waals surface area contributed by atoms with E-state index in [9.17, 15) is 0 Å². The SMILES string of the molecule is COc1cc(-c2nnco2)c(OC)cc1CCl. The van der Waals surface area contributed by atoms with Crippen LogP contribution in [0.25, 0.3) is 11.5 Å². The summed E-state index contributed by atoms with van der Waals surface area (Å²) in [6.45, 7) is 0. The van der Waals surface area contributed by atoms with Gasteiger partial charge < -0.3 is 13.9 Å². The number of methoxy groups -OCH3 is 2. The molecule has 17 heavy (non-hydrogen) atoms. The van der Waals surface area contributed by atoms with Crippen molar-refractivity contribution in [1.82, 2.24) is 10.2 Å². The molecule has 5 nitrogen and oxygen atoms in total. The minimum Gasteiger partial charge on any atom is -0.496 e. The van der Waals surface area contributed by atoms with Crippen LogP contribution >= 0.6 is 11.6 Å². The van der Waals surface area contributed by atoms with Crippen LogP contribution in [-0.4, -0.2) is 24.4 Å². The average Bonchev–Trinajstić information content (AvgIpc) is 2.90. The molecule has 1 aromatic heterocycles. The second-order valence-corrected chi connectivity index (χ2v) is 3.51. The van der Waals surface area contributed by atoms with Crippen molar-refractivity contribution >= 4 is 11.6 Å². The van der Waals surface area contributed by atoms with Gasteiger partial charge in [-0.05, 0) is 12.1 Å². The summed E-state index contributed by atoms with van der Waals surface area (Å²) < 4.78 is 15.7. The molecule has 2 aromatic rings. The molecule has 0 saturated heterocycles. The maximum atomic E-state index is 5.83. The number of nitrogens with zero attached hydrogens (tertiary/aromatic N) is 2. The summed E-state index contributed by atoms with van der Waals surface area (Å²) in [7, 11) is 3.15. The summed E-state index contributed by atoms with van der Waals surface area (Å²) in [6, 6.07) is 3.56. The van der Waals surface area contributed by atoms with Gasteiger partial charge in [-0.1, -0.05) is 0 Å². The molecule has 0 amide bonds. The average molecular weight is 255 g/mol. The van der Waals surface area contributed by atoms with Crippen molar-refractivity contribution < 1.29 is 13.9 Å². The molecule has 6 heteroatoms. The maximum Gasteiger partial charge on any atom is 0.251 e. The van der Waals surface area contributed by atoms with E-state index in [-0.39, 0.29) is 0 Å². The molecular weight excluding hydrogens is 244 g/mol. The summed E-state index contributed by atoms with van der Waals surface area (Å²) in [5.74, 6) is 1.99. The van der Waals surface area contributed by atoms with E-state index in [1.54, 1.807) is 26.4 Å². The molecule has 0 unspecified atom stereocenters. The minimum atomic E-state index is 0.337. The van der Waals surface area contributed by atoms with Crippen LogP contribution in [0.15, 0.2) is 22.9 Å². The lowest BCUT2D eigenvalue weighted by Gasteiger charge is -2.11. The van der Waals surface area contributed by atoms with Crippen LogP contribution in [0.4, 0.5) is 0 Å². The van der Waals surface area contributed by atoms with Gasteiger partial charge in [-0.3, -0.25) is 0 Å². The normalized spacial score (nSPS) is 10.3. The summed E-state index contributed by atoms with van der Waals surface area (Å²) in [4.78, 5) is 0. The number of halogens is 1. The Balaban J connectivity index is 2.58. The standard InChI is InChI=1S/C11H11ClN2O3/c1-15-9-4-8(11-14-13-6-17-11)10(16-2)3-7(9)5-12/h3-4,6H,5H2,1-2H3. The number of hydrogen-bond donors (Lipinski definition) is 0. The lowest BCUT2D eigenvalue weighted by atomic mass is 10.1. The monoisotopic (exact) mass is 254 g/mol. The fourth-order valence-corrected chi connectivity index (χ4v) is 1.73. The van der Waals surface area contributed by atoms with Crippen molar-refractivity contribution in [2.45, 2.75) is 5.88 Å². The van der Waals surface area contributed by atoms with Crippen molar-refractivity contribution in [3.63, 3.8) is 0 Å². The Bertz CT molecular complexity index is 500. The number of aromatic nitrogens is 2. The van der Waals surface area contributed by atoms with E-state index in [1.165, 1.54) is 6.39 Å². The van der Waals surface area contributed by atoms with Gasteiger partial charge in [0.25, 0.3) is 5.89 Å². The summed E-state index contributed by atoms with van der Waals surface area (Å²) in [6.07, 6.45) is 1.26. The predicted octanol–water partition coefficient (Wildman–Crippen LogP) is 2.49. The molecule has 0 N–H and O–H groups in total. The molecule has 0 fully saturated rings. The summed E-state index contributed by atoms with van der Waals surface area (Å²) >= 11 is 5.83. The molecule has 0 spiro atoms. The zero-order chi connectivity index (χ0) is 12.3. The fraction of sp³-hybridized carbons (Fsp3) is 0.273. The summed E-state index contributed by atoms with van der Waals surface area (Å²) in [5, 5.41) is 7.47. The molecule has 0 saturated carbocycles. The van der Waals surface area contributed by atoms with Crippen molar-refractivity contribution in [3.8, 4) is 23.0 Å². The first-order valence-electron chi connectivity index (χ1n) is 4.87. The van der Waals surface area contributed by atoms with Gasteiger partial charge in [0.15, 0.2) is 0 Å². The smallest absolute Gasteiger partial charge is 0.251 e. The van der Waals surface area contributed by atoms with Crippen molar-refractivity contribution in [2.75, 3.05) is 14.2 Å². The van der Waals surface area contributed by atoms with Crippen LogP contribution in [-0.2, 0) is 5.88 Å². The number of hydrogen-bond acceptors (Lipinski definition) is 5. The van der Waals surface area contributed by atoms with Crippen LogP contribution in [0.3, 0.4) is 0 Å². The van der Waals surface area contributed by atoms with Gasteiger partial charge in [0.2, 0.25) is 6.39 Å². The Morgan fingerprint density at radius 1 is 1.24 bits per heavy atom. The van der Waals surface area contributed by atoms with E-state index in [4.69, 9.17) is 25.5 Å². The van der Waals surface area contributed by atoms with Crippen LogP contribution < -0.4 is 9.47 Å². The minimum absolute atomic E-state index is 0.337. The van der Waals surface area contributed by atoms with Crippen LogP contribution in [0.2, 0.25) is 0 Å². The Kier molecular flexibility index (Phi) is 3.49. The maximum absolute atomic E-state index is 5.83. The van der Waals surface area contributed by atoms with Gasteiger partial charge in [0, 0.05) is 5.56 Å². The molecule has 0 aliphatic rings. The molecule has 0 aliphatic heterocycles. The molecule has 1 heterocycles. The third kappa shape index (κ3) is 2.19. The molecule has 0 bridgehead atoms. The molecule has 0 atom stereocenters. The van der Waals surface area contributed by atoms with Crippen molar-refractivity contribution in [2.24, 2.45) is 0 Å². The van der Waals surface area contributed by atoms with Gasteiger partial charge >= 0.3 is 0 Å². The lowest BCUT2D eigenvalue weighted by Crippen LogP contribution is -1.95. The number of alkyl halides is 1. The third-order valence-electron chi connectivity index (χ3n) is 2.34. The van der Waals surface area contributed by atoms with Gasteiger partial charge in [0.05, 0.1) is 25.7 Å². The van der Waals surface area contributed by atoms with E-state index in [0.29, 0.717) is 28.8 Å². The molecule has 0 aliphatic carbocycles. The van der Waals surface area contributed by atoms with Crippen LogP contribution in [0, 0.1) is 0 Å². The molecule has 90 valence electrons. The Labute approximate surface area is 103 Å². The first-order chi connectivity index (χ1) is 8.30. The Morgan fingerprint density at radius 3 is 2.53 bits per heavy atom. The molecule has 1 aromatic carbocycles. The first kappa shape index (κ1) is 11.7. The van der Waals surface area contributed by atoms with Gasteiger partial charge in [0.1, 0.15) is 11.5 Å². The van der Waals surface area contributed by atoms with Gasteiger partial charge in [-0.15, -0.1) is 21.8 Å². The number of ether oxygens (including phenoxy) is 2. The fourth-order valence-electron chi connectivity index (χ4n) is 1.52. The highest BCUT2D eigenvalue weighted by molar-refractivity contribution is 6.17. The van der Waals surface area contributed by atoms with Crippen LogP contribution in [0.5, 0.6) is 11.5 Å². The van der Waals surface area contributed by atoms with E-state index in [2.05, 4.69) is 10.2 Å². The topological polar surface area (TPSA) is 57.4 Å². The van der Waals surface area contributed by atoms with Crippen molar-refractivity contribution in [3.05, 3.63) is 24.1 Å². The highest BCUT2D eigenvalue weighted by Crippen LogP contribution is 2.35. The Morgan fingerprint density at radius 2 is 2.00 bits per heavy atom. The van der Waals surface area contributed by atoms with E-state index in [0.717, 1.165) is 5.56 Å². The highest BCUT2D eigenvalue weighted by atomic mass is 35.5. The summed E-state index contributed by atoms with van der Waals surface area (Å²) in [5.41, 5.74) is 1.52. The highest BCUT2D eigenvalue weighted by Gasteiger charge is 2.15. The van der Waals surface area contributed by atoms with Gasteiger partial charge in [-0.2, -0.15) is 0 Å². The zero-order valence-electron chi connectivity index (χ0n) is 9.44. The molecular formula is C11H11ClN2O3. The molecule has 2 rings (SSSR count). The first-order valence-corrected chi connectivity index (χ1v) is 5.41. The van der Waals surface area contributed by atoms with E-state index in [1.807, 2.05) is 0 Å². The quantitative estimate of drug-likeness (QED) is 0.785. The molecule has 0 radical (unpaired) electrons. The van der Waals surface area contributed by atoms with Gasteiger partial charge in [-0.25, -0.2) is 0 Å². The van der Waals surface area contributed by atoms with E-state index < -0.39 is 0 Å². The number of rotatable bonds is 4. The number of benzene rings is 1.